The van der Waals surface area contributed by atoms with E-state index in [0.29, 0.717) is 12.6 Å². The SMILES string of the molecule is CC1CCCCN1c1ncc(CN)cn1. The number of aromatic nitrogens is 2. The molecular weight excluding hydrogens is 188 g/mol. The van der Waals surface area contributed by atoms with E-state index in [2.05, 4.69) is 21.8 Å². The topological polar surface area (TPSA) is 55.0 Å². The van der Waals surface area contributed by atoms with Gasteiger partial charge >= 0.3 is 0 Å². The van der Waals surface area contributed by atoms with E-state index in [0.717, 1.165) is 18.1 Å². The van der Waals surface area contributed by atoms with Crippen LogP contribution in [0.4, 0.5) is 5.95 Å². The van der Waals surface area contributed by atoms with Crippen molar-refractivity contribution >= 4 is 5.95 Å². The maximum absolute atomic E-state index is 5.51. The average Bonchev–Trinajstić information content (AvgIpc) is 2.30. The zero-order valence-corrected chi connectivity index (χ0v) is 9.19. The van der Waals surface area contributed by atoms with E-state index in [4.69, 9.17) is 5.73 Å². The Labute approximate surface area is 90.5 Å². The van der Waals surface area contributed by atoms with E-state index in [-0.39, 0.29) is 0 Å². The molecule has 1 aromatic rings. The molecule has 82 valence electrons. The first-order valence-electron chi connectivity index (χ1n) is 5.59. The Morgan fingerprint density at radius 1 is 1.40 bits per heavy atom. The van der Waals surface area contributed by atoms with Crippen LogP contribution in [0.5, 0.6) is 0 Å². The Morgan fingerprint density at radius 2 is 2.13 bits per heavy atom. The Balaban J connectivity index is 2.13. The molecule has 0 spiro atoms. The third kappa shape index (κ3) is 2.26. The van der Waals surface area contributed by atoms with Crippen molar-refractivity contribution < 1.29 is 0 Å². The highest BCUT2D eigenvalue weighted by Crippen LogP contribution is 2.20. The van der Waals surface area contributed by atoms with Gasteiger partial charge in [0.1, 0.15) is 0 Å². The number of piperidine rings is 1. The summed E-state index contributed by atoms with van der Waals surface area (Å²) in [5, 5.41) is 0. The Hall–Kier alpha value is -1.16. The van der Waals surface area contributed by atoms with E-state index in [9.17, 15) is 0 Å². The molecule has 0 bridgehead atoms. The van der Waals surface area contributed by atoms with E-state index >= 15 is 0 Å². The lowest BCUT2D eigenvalue weighted by Gasteiger charge is -2.33. The molecule has 4 heteroatoms. The van der Waals surface area contributed by atoms with E-state index in [1.165, 1.54) is 19.3 Å². The molecule has 1 atom stereocenters. The lowest BCUT2D eigenvalue weighted by molar-refractivity contribution is 0.477. The molecule has 1 aliphatic rings. The molecule has 0 aliphatic carbocycles. The summed E-state index contributed by atoms with van der Waals surface area (Å²) in [6.07, 6.45) is 7.44. The van der Waals surface area contributed by atoms with Crippen molar-refractivity contribution in [3.8, 4) is 0 Å². The van der Waals surface area contributed by atoms with E-state index < -0.39 is 0 Å². The average molecular weight is 206 g/mol. The predicted molar refractivity (Wildman–Crippen MR) is 60.6 cm³/mol. The number of anilines is 1. The van der Waals surface area contributed by atoms with Crippen LogP contribution in [0.15, 0.2) is 12.4 Å². The summed E-state index contributed by atoms with van der Waals surface area (Å²) in [4.78, 5) is 11.0. The van der Waals surface area contributed by atoms with Gasteiger partial charge in [-0.25, -0.2) is 9.97 Å². The van der Waals surface area contributed by atoms with Crippen molar-refractivity contribution in [3.63, 3.8) is 0 Å². The molecule has 0 radical (unpaired) electrons. The van der Waals surface area contributed by atoms with Gasteiger partial charge in [-0.3, -0.25) is 0 Å². The van der Waals surface area contributed by atoms with Crippen LogP contribution in [0.2, 0.25) is 0 Å². The van der Waals surface area contributed by atoms with Crippen molar-refractivity contribution in [2.24, 2.45) is 5.73 Å². The smallest absolute Gasteiger partial charge is 0.225 e. The lowest BCUT2D eigenvalue weighted by atomic mass is 10.0. The predicted octanol–water partition coefficient (Wildman–Crippen LogP) is 1.31. The fourth-order valence-corrected chi connectivity index (χ4v) is 2.00. The summed E-state index contributed by atoms with van der Waals surface area (Å²) in [7, 11) is 0. The number of rotatable bonds is 2. The molecule has 15 heavy (non-hydrogen) atoms. The molecule has 0 saturated carbocycles. The van der Waals surface area contributed by atoms with Crippen LogP contribution in [0.25, 0.3) is 0 Å². The molecule has 1 aromatic heterocycles. The van der Waals surface area contributed by atoms with Crippen LogP contribution in [0.1, 0.15) is 31.7 Å². The maximum atomic E-state index is 5.51. The van der Waals surface area contributed by atoms with Crippen molar-refractivity contribution in [2.75, 3.05) is 11.4 Å². The summed E-state index contributed by atoms with van der Waals surface area (Å²) < 4.78 is 0. The van der Waals surface area contributed by atoms with Gasteiger partial charge in [-0.2, -0.15) is 0 Å². The fourth-order valence-electron chi connectivity index (χ4n) is 2.00. The number of nitrogens with two attached hydrogens (primary N) is 1. The first-order valence-corrected chi connectivity index (χ1v) is 5.59. The van der Waals surface area contributed by atoms with Crippen LogP contribution in [0, 0.1) is 0 Å². The molecule has 1 fully saturated rings. The van der Waals surface area contributed by atoms with Gasteiger partial charge in [-0.1, -0.05) is 0 Å². The van der Waals surface area contributed by atoms with E-state index in [1.54, 1.807) is 0 Å². The van der Waals surface area contributed by atoms with E-state index in [1.807, 2.05) is 12.4 Å². The van der Waals surface area contributed by atoms with Crippen LogP contribution < -0.4 is 10.6 Å². The molecule has 2 rings (SSSR count). The third-order valence-corrected chi connectivity index (χ3v) is 2.99. The fraction of sp³-hybridized carbons (Fsp3) is 0.636. The van der Waals surface area contributed by atoms with Crippen molar-refractivity contribution in [3.05, 3.63) is 18.0 Å². The second-order valence-electron chi connectivity index (χ2n) is 4.13. The largest absolute Gasteiger partial charge is 0.338 e. The van der Waals surface area contributed by atoms with Crippen molar-refractivity contribution in [1.29, 1.82) is 0 Å². The number of nitrogens with zero attached hydrogens (tertiary/aromatic N) is 3. The van der Waals surface area contributed by atoms with Crippen LogP contribution >= 0.6 is 0 Å². The third-order valence-electron chi connectivity index (χ3n) is 2.99. The summed E-state index contributed by atoms with van der Waals surface area (Å²) >= 11 is 0. The summed E-state index contributed by atoms with van der Waals surface area (Å²) in [6.45, 7) is 3.82. The highest BCUT2D eigenvalue weighted by Gasteiger charge is 2.20. The van der Waals surface area contributed by atoms with Crippen LogP contribution in [-0.2, 0) is 6.54 Å². The maximum Gasteiger partial charge on any atom is 0.225 e. The molecule has 0 aromatic carbocycles. The Morgan fingerprint density at radius 3 is 2.73 bits per heavy atom. The highest BCUT2D eigenvalue weighted by atomic mass is 15.3. The van der Waals surface area contributed by atoms with Gasteiger partial charge in [0, 0.05) is 37.1 Å². The van der Waals surface area contributed by atoms with Gasteiger partial charge in [0.05, 0.1) is 0 Å². The summed E-state index contributed by atoms with van der Waals surface area (Å²) in [5.74, 6) is 0.847. The van der Waals surface area contributed by atoms with Gasteiger partial charge in [-0.15, -0.1) is 0 Å². The second kappa shape index (κ2) is 4.57. The molecule has 2 N–H and O–H groups in total. The summed E-state index contributed by atoms with van der Waals surface area (Å²) in [5.41, 5.74) is 6.50. The minimum absolute atomic E-state index is 0.510. The van der Waals surface area contributed by atoms with Gasteiger partial charge in [-0.05, 0) is 26.2 Å². The second-order valence-corrected chi connectivity index (χ2v) is 4.13. The zero-order valence-electron chi connectivity index (χ0n) is 9.19. The molecule has 1 saturated heterocycles. The zero-order chi connectivity index (χ0) is 10.7. The minimum atomic E-state index is 0.510. The lowest BCUT2D eigenvalue weighted by Crippen LogP contribution is -2.38. The molecular formula is C11H18N4. The van der Waals surface area contributed by atoms with Crippen LogP contribution in [-0.4, -0.2) is 22.6 Å². The van der Waals surface area contributed by atoms with Gasteiger partial charge < -0.3 is 10.6 Å². The summed E-state index contributed by atoms with van der Waals surface area (Å²) in [6, 6.07) is 0.558. The van der Waals surface area contributed by atoms with Gasteiger partial charge in [0.25, 0.3) is 0 Å². The Kier molecular flexibility index (Phi) is 3.16. The highest BCUT2D eigenvalue weighted by molar-refractivity contribution is 5.32. The molecule has 1 aliphatic heterocycles. The normalized spacial score (nSPS) is 21.7. The molecule has 4 nitrogen and oxygen atoms in total. The van der Waals surface area contributed by atoms with Crippen molar-refractivity contribution in [1.82, 2.24) is 9.97 Å². The molecule has 0 amide bonds. The Bertz CT molecular complexity index is 309. The molecule has 2 heterocycles. The standard InChI is InChI=1S/C11H18N4/c1-9-4-2-3-5-15(9)11-13-7-10(6-12)8-14-11/h7-9H,2-6,12H2,1H3. The quantitative estimate of drug-likeness (QED) is 0.792. The first-order chi connectivity index (χ1) is 7.31. The first kappa shape index (κ1) is 10.4. The minimum Gasteiger partial charge on any atom is -0.338 e. The number of hydrogen-bond donors (Lipinski definition) is 1. The molecule has 1 unspecified atom stereocenters. The van der Waals surface area contributed by atoms with Crippen LogP contribution in [0.3, 0.4) is 0 Å². The monoisotopic (exact) mass is 206 g/mol. The van der Waals surface area contributed by atoms with Crippen molar-refractivity contribution in [2.45, 2.75) is 38.8 Å². The van der Waals surface area contributed by atoms with Gasteiger partial charge in [0.2, 0.25) is 5.95 Å². The number of hydrogen-bond acceptors (Lipinski definition) is 4. The van der Waals surface area contributed by atoms with Gasteiger partial charge in [0.15, 0.2) is 0 Å².